The highest BCUT2D eigenvalue weighted by Gasteiger charge is 2.12. The highest BCUT2D eigenvalue weighted by molar-refractivity contribution is 7.92. The van der Waals surface area contributed by atoms with E-state index in [1.807, 2.05) is 24.3 Å². The molecule has 0 aliphatic heterocycles. The summed E-state index contributed by atoms with van der Waals surface area (Å²) in [5, 5.41) is 2.92. The van der Waals surface area contributed by atoms with E-state index in [1.54, 1.807) is 7.11 Å². The Morgan fingerprint density at radius 1 is 1.21 bits per heavy atom. The van der Waals surface area contributed by atoms with Crippen molar-refractivity contribution in [3.05, 3.63) is 58.6 Å². The lowest BCUT2D eigenvalue weighted by molar-refractivity contribution is 0.0951. The van der Waals surface area contributed by atoms with E-state index >= 15 is 0 Å². The SMILES string of the molecule is COc1cccc(CNC(=O)c2ccc(NS(C)(=O)=O)cc2Cl)c1. The molecule has 0 radical (unpaired) electrons. The summed E-state index contributed by atoms with van der Waals surface area (Å²) in [5.41, 5.74) is 1.44. The van der Waals surface area contributed by atoms with Crippen LogP contribution in [0.15, 0.2) is 42.5 Å². The predicted octanol–water partition coefficient (Wildman–Crippen LogP) is 2.65. The summed E-state index contributed by atoms with van der Waals surface area (Å²) in [6.45, 7) is 0.315. The van der Waals surface area contributed by atoms with Gasteiger partial charge in [0.05, 0.1) is 24.0 Å². The van der Waals surface area contributed by atoms with E-state index in [1.165, 1.54) is 18.2 Å². The molecule has 6 nitrogen and oxygen atoms in total. The van der Waals surface area contributed by atoms with Crippen LogP contribution in [-0.2, 0) is 16.6 Å². The Morgan fingerprint density at radius 3 is 2.58 bits per heavy atom. The summed E-state index contributed by atoms with van der Waals surface area (Å²) in [5.74, 6) is 0.352. The fourth-order valence-corrected chi connectivity index (χ4v) is 2.86. The average molecular weight is 369 g/mol. The third kappa shape index (κ3) is 5.14. The minimum absolute atomic E-state index is 0.159. The van der Waals surface area contributed by atoms with E-state index in [9.17, 15) is 13.2 Å². The van der Waals surface area contributed by atoms with Crippen LogP contribution < -0.4 is 14.8 Å². The van der Waals surface area contributed by atoms with E-state index in [2.05, 4.69) is 10.0 Å². The molecule has 128 valence electrons. The number of hydrogen-bond acceptors (Lipinski definition) is 4. The standard InChI is InChI=1S/C16H17ClN2O4S/c1-23-13-5-3-4-11(8-13)10-18-16(20)14-7-6-12(9-15(14)17)19-24(2,21)22/h3-9,19H,10H2,1-2H3,(H,18,20). The number of methoxy groups -OCH3 is 1. The Hall–Kier alpha value is -2.25. The van der Waals surface area contributed by atoms with Gasteiger partial charge in [-0.05, 0) is 35.9 Å². The van der Waals surface area contributed by atoms with Crippen molar-refractivity contribution in [1.82, 2.24) is 5.32 Å². The molecule has 24 heavy (non-hydrogen) atoms. The van der Waals surface area contributed by atoms with Crippen LogP contribution in [0.1, 0.15) is 15.9 Å². The Kier molecular flexibility index (Phi) is 5.69. The molecule has 1 amide bonds. The fourth-order valence-electron chi connectivity index (χ4n) is 2.04. The number of ether oxygens (including phenoxy) is 1. The first kappa shape index (κ1) is 18.1. The van der Waals surface area contributed by atoms with Crippen molar-refractivity contribution in [3.8, 4) is 5.75 Å². The van der Waals surface area contributed by atoms with Gasteiger partial charge in [0.1, 0.15) is 5.75 Å². The molecule has 0 aromatic heterocycles. The van der Waals surface area contributed by atoms with Gasteiger partial charge in [0, 0.05) is 12.2 Å². The molecule has 0 spiro atoms. The normalized spacial score (nSPS) is 11.0. The lowest BCUT2D eigenvalue weighted by atomic mass is 10.1. The van der Waals surface area contributed by atoms with E-state index in [0.717, 1.165) is 11.8 Å². The van der Waals surface area contributed by atoms with Crippen LogP contribution in [0, 0.1) is 0 Å². The molecule has 0 unspecified atom stereocenters. The van der Waals surface area contributed by atoms with Gasteiger partial charge in [-0.15, -0.1) is 0 Å². The van der Waals surface area contributed by atoms with Gasteiger partial charge >= 0.3 is 0 Å². The molecule has 0 bridgehead atoms. The predicted molar refractivity (Wildman–Crippen MR) is 94.1 cm³/mol. The maximum atomic E-state index is 12.2. The van der Waals surface area contributed by atoms with Crippen molar-refractivity contribution >= 4 is 33.2 Å². The van der Waals surface area contributed by atoms with Gasteiger partial charge in [0.25, 0.3) is 5.91 Å². The Labute approximate surface area is 145 Å². The van der Waals surface area contributed by atoms with Crippen molar-refractivity contribution < 1.29 is 17.9 Å². The first-order chi connectivity index (χ1) is 11.3. The highest BCUT2D eigenvalue weighted by atomic mass is 35.5. The molecule has 0 heterocycles. The van der Waals surface area contributed by atoms with E-state index in [4.69, 9.17) is 16.3 Å². The second-order valence-corrected chi connectivity index (χ2v) is 7.26. The number of carbonyl (C=O) groups excluding carboxylic acids is 1. The maximum Gasteiger partial charge on any atom is 0.253 e. The smallest absolute Gasteiger partial charge is 0.253 e. The number of anilines is 1. The molecule has 0 aliphatic rings. The minimum atomic E-state index is -3.40. The highest BCUT2D eigenvalue weighted by Crippen LogP contribution is 2.22. The molecular formula is C16H17ClN2O4S. The summed E-state index contributed by atoms with van der Waals surface area (Å²) >= 11 is 6.07. The van der Waals surface area contributed by atoms with Gasteiger partial charge in [0.15, 0.2) is 0 Å². The third-order valence-corrected chi connectivity index (χ3v) is 4.02. The van der Waals surface area contributed by atoms with Crippen molar-refractivity contribution in [2.45, 2.75) is 6.54 Å². The van der Waals surface area contributed by atoms with Gasteiger partial charge in [-0.25, -0.2) is 8.42 Å². The first-order valence-electron chi connectivity index (χ1n) is 6.97. The van der Waals surface area contributed by atoms with Gasteiger partial charge in [-0.1, -0.05) is 23.7 Å². The topological polar surface area (TPSA) is 84.5 Å². The van der Waals surface area contributed by atoms with Gasteiger partial charge in [-0.3, -0.25) is 9.52 Å². The van der Waals surface area contributed by atoms with Crippen LogP contribution in [0.2, 0.25) is 5.02 Å². The molecule has 2 N–H and O–H groups in total. The molecule has 2 rings (SSSR count). The molecule has 0 saturated heterocycles. The molecule has 0 atom stereocenters. The number of halogens is 1. The Balaban J connectivity index is 2.06. The van der Waals surface area contributed by atoms with Crippen LogP contribution >= 0.6 is 11.6 Å². The number of amides is 1. The van der Waals surface area contributed by atoms with Crippen LogP contribution in [0.25, 0.3) is 0 Å². The monoisotopic (exact) mass is 368 g/mol. The summed E-state index contributed by atoms with van der Waals surface area (Å²) in [7, 11) is -1.83. The number of carbonyl (C=O) groups is 1. The number of rotatable bonds is 6. The molecular weight excluding hydrogens is 352 g/mol. The Morgan fingerprint density at radius 2 is 1.96 bits per heavy atom. The summed E-state index contributed by atoms with van der Waals surface area (Å²) < 4.78 is 29.8. The van der Waals surface area contributed by atoms with E-state index in [0.29, 0.717) is 18.0 Å². The van der Waals surface area contributed by atoms with Crippen LogP contribution in [0.3, 0.4) is 0 Å². The summed E-state index contributed by atoms with van der Waals surface area (Å²) in [6, 6.07) is 11.7. The molecule has 8 heteroatoms. The zero-order chi connectivity index (χ0) is 17.7. The van der Waals surface area contributed by atoms with E-state index < -0.39 is 10.0 Å². The zero-order valence-corrected chi connectivity index (χ0v) is 14.7. The van der Waals surface area contributed by atoms with Gasteiger partial charge < -0.3 is 10.1 Å². The zero-order valence-electron chi connectivity index (χ0n) is 13.2. The van der Waals surface area contributed by atoms with Crippen molar-refractivity contribution in [1.29, 1.82) is 0 Å². The summed E-state index contributed by atoms with van der Waals surface area (Å²) in [4.78, 5) is 12.2. The molecule has 0 aliphatic carbocycles. The van der Waals surface area contributed by atoms with Crippen LogP contribution in [0.5, 0.6) is 5.75 Å². The first-order valence-corrected chi connectivity index (χ1v) is 9.24. The second kappa shape index (κ2) is 7.55. The average Bonchev–Trinajstić information content (AvgIpc) is 2.51. The van der Waals surface area contributed by atoms with Gasteiger partial charge in [0.2, 0.25) is 10.0 Å². The van der Waals surface area contributed by atoms with E-state index in [-0.39, 0.29) is 16.5 Å². The van der Waals surface area contributed by atoms with Crippen molar-refractivity contribution in [2.24, 2.45) is 0 Å². The number of nitrogens with one attached hydrogen (secondary N) is 2. The number of sulfonamides is 1. The lowest BCUT2D eigenvalue weighted by Gasteiger charge is -2.10. The largest absolute Gasteiger partial charge is 0.497 e. The number of benzene rings is 2. The lowest BCUT2D eigenvalue weighted by Crippen LogP contribution is -2.23. The van der Waals surface area contributed by atoms with Gasteiger partial charge in [-0.2, -0.15) is 0 Å². The maximum absolute atomic E-state index is 12.2. The third-order valence-electron chi connectivity index (χ3n) is 3.10. The minimum Gasteiger partial charge on any atom is -0.497 e. The molecule has 0 saturated carbocycles. The molecule has 2 aromatic carbocycles. The van der Waals surface area contributed by atoms with Crippen LogP contribution in [0.4, 0.5) is 5.69 Å². The Bertz CT molecular complexity index is 853. The summed E-state index contributed by atoms with van der Waals surface area (Å²) in [6.07, 6.45) is 1.04. The number of hydrogen-bond donors (Lipinski definition) is 2. The molecule has 0 fully saturated rings. The second-order valence-electron chi connectivity index (χ2n) is 5.10. The van der Waals surface area contributed by atoms with Crippen molar-refractivity contribution in [2.75, 3.05) is 18.1 Å². The quantitative estimate of drug-likeness (QED) is 0.820. The molecule has 2 aromatic rings. The van der Waals surface area contributed by atoms with Crippen LogP contribution in [-0.4, -0.2) is 27.7 Å². The van der Waals surface area contributed by atoms with Crippen molar-refractivity contribution in [3.63, 3.8) is 0 Å². The fraction of sp³-hybridized carbons (Fsp3) is 0.188.